The molecule has 22 nitrogen and oxygen atoms in total. The molecule has 356 valence electrons. The third kappa shape index (κ3) is 13.2. The minimum Gasteiger partial charge on any atom is -0.506 e. The van der Waals surface area contributed by atoms with Crippen LogP contribution in [-0.4, -0.2) is 143 Å². The van der Waals surface area contributed by atoms with Crippen molar-refractivity contribution in [1.82, 2.24) is 0 Å². The summed E-state index contributed by atoms with van der Waals surface area (Å²) >= 11 is 1.07. The van der Waals surface area contributed by atoms with Crippen LogP contribution in [0.1, 0.15) is 83.0 Å². The van der Waals surface area contributed by atoms with Gasteiger partial charge in [-0.2, -0.15) is 0 Å². The molecule has 0 bridgehead atoms. The summed E-state index contributed by atoms with van der Waals surface area (Å²) in [5.74, 6) is -13.0. The van der Waals surface area contributed by atoms with Gasteiger partial charge >= 0.3 is 47.8 Å². The van der Waals surface area contributed by atoms with Gasteiger partial charge in [0.15, 0.2) is 36.0 Å². The van der Waals surface area contributed by atoms with Crippen LogP contribution in [0.15, 0.2) is 21.4 Å². The smallest absolute Gasteiger partial charge is 0.303 e. The monoisotopic (exact) mass is 956 g/mol. The van der Waals surface area contributed by atoms with E-state index in [4.69, 9.17) is 47.4 Å². The maximum atomic E-state index is 13.7. The summed E-state index contributed by atoms with van der Waals surface area (Å²) in [4.78, 5) is 125. The maximum Gasteiger partial charge on any atom is 0.303 e. The van der Waals surface area contributed by atoms with Crippen LogP contribution in [0.2, 0.25) is 0 Å². The molecule has 1 aromatic carbocycles. The molecule has 2 N–H and O–H groups in total. The average Bonchev–Trinajstić information content (AvgIpc) is 3.18. The van der Waals surface area contributed by atoms with Gasteiger partial charge in [0.1, 0.15) is 61.0 Å². The molecule has 2 aliphatic heterocycles. The lowest BCUT2D eigenvalue weighted by Crippen LogP contribution is -2.59. The van der Waals surface area contributed by atoms with Gasteiger partial charge in [-0.15, -0.1) is 0 Å². The number of allylic oxidation sites excluding steroid dienone is 2. The number of esters is 8. The van der Waals surface area contributed by atoms with Gasteiger partial charge in [-0.3, -0.25) is 47.9 Å². The molecule has 0 aromatic heterocycles. The SMILES string of the molecule is CC(=O)OC[C@@H]1[C@@H](OC(C)=O)[C@H](OC(C)=O)[C@@H](COC(C)=O)O[C@H]1Sc1c(O)c2c(c(O)c1S[C@@H]1O[C@H](COC(C)=O)[C@@H](OC(C)=O)[C@H](OC(C)=O)[C@H]1COC(C)=O)C(=O)C(C)=CC2=O. The summed E-state index contributed by atoms with van der Waals surface area (Å²) in [6, 6.07) is 0. The number of phenolic OH excluding ortho intramolecular Hbond substituents is 2. The van der Waals surface area contributed by atoms with Crippen LogP contribution >= 0.6 is 23.5 Å². The first-order chi connectivity index (χ1) is 30.4. The number of rotatable bonds is 16. The Morgan fingerprint density at radius 3 is 1.17 bits per heavy atom. The van der Waals surface area contributed by atoms with Gasteiger partial charge in [0.05, 0.1) is 32.8 Å². The number of carbonyl (C=O) groups excluding carboxylic acids is 10. The van der Waals surface area contributed by atoms with E-state index in [1.165, 1.54) is 6.92 Å². The Bertz CT molecular complexity index is 2130. The fourth-order valence-corrected chi connectivity index (χ4v) is 9.88. The summed E-state index contributed by atoms with van der Waals surface area (Å²) in [6.45, 7) is 7.30. The van der Waals surface area contributed by atoms with Crippen molar-refractivity contribution < 1.29 is 106 Å². The second-order valence-electron chi connectivity index (χ2n) is 14.8. The number of ether oxygens (including phenoxy) is 10. The van der Waals surface area contributed by atoms with E-state index >= 15 is 0 Å². The summed E-state index contributed by atoms with van der Waals surface area (Å²) in [6.07, 6.45) is -8.00. The Morgan fingerprint density at radius 1 is 0.508 bits per heavy atom. The Morgan fingerprint density at radius 2 is 0.831 bits per heavy atom. The van der Waals surface area contributed by atoms with Crippen molar-refractivity contribution in [3.05, 3.63) is 22.8 Å². The topological polar surface area (TPSA) is 303 Å². The van der Waals surface area contributed by atoms with Gasteiger partial charge in [0, 0.05) is 61.0 Å². The second-order valence-corrected chi connectivity index (χ2v) is 17.0. The van der Waals surface area contributed by atoms with Gasteiger partial charge in [-0.25, -0.2) is 0 Å². The number of aromatic hydroxyl groups is 2. The van der Waals surface area contributed by atoms with Crippen LogP contribution in [0.4, 0.5) is 0 Å². The number of thioether (sulfide) groups is 2. The lowest BCUT2D eigenvalue weighted by Gasteiger charge is -2.45. The fourth-order valence-electron chi connectivity index (χ4n) is 7.08. The molecule has 1 aromatic rings. The Balaban J connectivity index is 2.03. The Labute approximate surface area is 379 Å². The highest BCUT2D eigenvalue weighted by molar-refractivity contribution is 8.03. The van der Waals surface area contributed by atoms with Crippen molar-refractivity contribution in [1.29, 1.82) is 0 Å². The number of hydrogen-bond acceptors (Lipinski definition) is 24. The predicted octanol–water partition coefficient (Wildman–Crippen LogP) is 2.27. The lowest BCUT2D eigenvalue weighted by molar-refractivity contribution is -0.224. The van der Waals surface area contributed by atoms with Gasteiger partial charge < -0.3 is 57.6 Å². The van der Waals surface area contributed by atoms with Crippen molar-refractivity contribution >= 4 is 82.8 Å². The second kappa shape index (κ2) is 22.5. The highest BCUT2D eigenvalue weighted by Gasteiger charge is 2.54. The van der Waals surface area contributed by atoms with Gasteiger partial charge in [0.2, 0.25) is 0 Å². The summed E-state index contributed by atoms with van der Waals surface area (Å²) in [5, 5.41) is 24.3. The van der Waals surface area contributed by atoms with E-state index in [-0.39, 0.29) is 5.57 Å². The van der Waals surface area contributed by atoms with E-state index < -0.39 is 177 Å². The van der Waals surface area contributed by atoms with Crippen molar-refractivity contribution in [3.8, 4) is 11.5 Å². The third-order valence-corrected chi connectivity index (χ3v) is 12.4. The zero-order valence-corrected chi connectivity index (χ0v) is 38.2. The van der Waals surface area contributed by atoms with E-state index in [1.807, 2.05) is 0 Å². The summed E-state index contributed by atoms with van der Waals surface area (Å²) in [5.41, 5.74) is -4.43. The fraction of sp³-hybridized carbons (Fsp3) is 0.561. The zero-order valence-electron chi connectivity index (χ0n) is 36.6. The van der Waals surface area contributed by atoms with Crippen LogP contribution in [-0.2, 0) is 85.7 Å². The van der Waals surface area contributed by atoms with E-state index in [0.717, 1.165) is 61.5 Å². The molecule has 0 saturated carbocycles. The number of hydrogen-bond donors (Lipinski definition) is 2. The molecule has 0 amide bonds. The van der Waals surface area contributed by atoms with Crippen LogP contribution in [0.3, 0.4) is 0 Å². The van der Waals surface area contributed by atoms with Gasteiger partial charge in [-0.05, 0) is 13.0 Å². The molecule has 0 radical (unpaired) electrons. The van der Waals surface area contributed by atoms with E-state index in [9.17, 15) is 58.2 Å². The highest BCUT2D eigenvalue weighted by Crippen LogP contribution is 2.55. The standard InChI is InChI=1S/C41H48O22S2/c1-15-10-26(50)29-30(31(15)51)33(53)39(65-41-25(12-55-17(3)43)35(59-21(7)47)37(61-23(9)49)28(63-41)14-57-19(5)45)38(32(29)52)64-40-24(11-54-16(2)42)34(58-20(6)46)36(60-22(8)48)27(62-40)13-56-18(4)44/h10,24-25,27-28,34-37,40-41,52-53H,11-14H2,1-9H3/t24-,25-,27-,28-,34-,35-,36-,37-,40+,41+/m1/s1. The molecule has 24 heteroatoms. The molecule has 1 aliphatic carbocycles. The third-order valence-electron chi connectivity index (χ3n) is 9.62. The van der Waals surface area contributed by atoms with Crippen molar-refractivity contribution in [3.63, 3.8) is 0 Å². The van der Waals surface area contributed by atoms with Crippen LogP contribution < -0.4 is 0 Å². The molecule has 2 heterocycles. The quantitative estimate of drug-likeness (QED) is 0.136. The first kappa shape index (κ1) is 51.9. The molecule has 0 spiro atoms. The highest BCUT2D eigenvalue weighted by atomic mass is 32.2. The van der Waals surface area contributed by atoms with Crippen LogP contribution in [0.25, 0.3) is 0 Å². The predicted molar refractivity (Wildman–Crippen MR) is 217 cm³/mol. The molecule has 2 saturated heterocycles. The van der Waals surface area contributed by atoms with E-state index in [1.54, 1.807) is 0 Å². The molecular weight excluding hydrogens is 909 g/mol. The van der Waals surface area contributed by atoms with Gasteiger partial charge in [-0.1, -0.05) is 23.5 Å². The maximum absolute atomic E-state index is 13.7. The van der Waals surface area contributed by atoms with Crippen molar-refractivity contribution in [2.75, 3.05) is 26.4 Å². The van der Waals surface area contributed by atoms with Crippen LogP contribution in [0.5, 0.6) is 11.5 Å². The number of carbonyl (C=O) groups is 10. The first-order valence-corrected chi connectivity index (χ1v) is 21.4. The average molecular weight is 957 g/mol. The molecule has 0 unspecified atom stereocenters. The number of benzene rings is 1. The molecule has 2 fully saturated rings. The number of Topliss-reactive ketones (excluding diaryl/α,β-unsaturated/α-hetero) is 1. The molecule has 3 aliphatic rings. The van der Waals surface area contributed by atoms with E-state index in [0.29, 0.717) is 23.5 Å². The first-order valence-electron chi connectivity index (χ1n) is 19.7. The molecule has 65 heavy (non-hydrogen) atoms. The zero-order chi connectivity index (χ0) is 48.6. The summed E-state index contributed by atoms with van der Waals surface area (Å²) < 4.78 is 56.1. The normalized spacial score (nSPS) is 26.0. The Hall–Kier alpha value is -5.72. The molecule has 10 atom stereocenters. The van der Waals surface area contributed by atoms with Crippen molar-refractivity contribution in [2.45, 2.75) is 120 Å². The lowest BCUT2D eigenvalue weighted by atomic mass is 9.89. The largest absolute Gasteiger partial charge is 0.506 e. The Kier molecular flexibility index (Phi) is 17.9. The van der Waals surface area contributed by atoms with Crippen molar-refractivity contribution in [2.24, 2.45) is 11.8 Å². The molecular formula is C41H48O22S2. The van der Waals surface area contributed by atoms with Gasteiger partial charge in [0.25, 0.3) is 0 Å². The minimum absolute atomic E-state index is 0.123. The number of ketones is 2. The van der Waals surface area contributed by atoms with Crippen LogP contribution in [0, 0.1) is 11.8 Å². The summed E-state index contributed by atoms with van der Waals surface area (Å²) in [7, 11) is 0. The number of fused-ring (bicyclic) bond motifs is 1. The minimum atomic E-state index is -1.53. The number of phenols is 2. The molecule has 4 rings (SSSR count). The van der Waals surface area contributed by atoms with E-state index in [2.05, 4.69) is 0 Å².